The molecular weight excluding hydrogens is 416 g/mol. The van der Waals surface area contributed by atoms with Crippen molar-refractivity contribution in [1.82, 2.24) is 10.3 Å². The van der Waals surface area contributed by atoms with Gasteiger partial charge in [0.05, 0.1) is 0 Å². The molecule has 0 saturated heterocycles. The lowest BCUT2D eigenvalue weighted by molar-refractivity contribution is 0.802. The minimum Gasteiger partial charge on any atom is -0.366 e. The zero-order chi connectivity index (χ0) is 25.0. The molecule has 2 aromatic carbocycles. The lowest BCUT2D eigenvalue weighted by Crippen LogP contribution is -2.10. The topological polar surface area (TPSA) is 49.3 Å². The highest BCUT2D eigenvalue weighted by atomic mass is 15.0. The summed E-state index contributed by atoms with van der Waals surface area (Å²) in [7, 11) is 0. The first-order valence-corrected chi connectivity index (χ1v) is 11.8. The third-order valence-electron chi connectivity index (χ3n) is 4.49. The molecule has 1 aromatic heterocycles. The molecule has 0 spiro atoms. The standard InChI is InChI=1S/C26H26N4.2C2H6/c1-3-6-25(27-2)29-19-23-14-10-21(11-15-23)8-9-22-12-16-24(17-13-22)20-30-26-7-4-5-18-28-26;2*1-2/h3-18,29H,1-2,19-20H2,(H,28,30);2*1-2H3/b9-8+,25-6+;;. The second-order valence-electron chi connectivity index (χ2n) is 6.68. The second-order valence-corrected chi connectivity index (χ2v) is 6.68. The Balaban J connectivity index is 0.00000137. The SMILES string of the molecule is C=C/C=C(\N=C)NCc1ccc(/C=C/c2ccc(CNc3ccccn3)cc2)cc1.CC.CC. The molecule has 4 heteroatoms. The molecule has 0 aliphatic carbocycles. The number of aromatic nitrogens is 1. The number of aliphatic imine (C=N–C) groups is 1. The molecule has 4 nitrogen and oxygen atoms in total. The van der Waals surface area contributed by atoms with Gasteiger partial charge in [-0.15, -0.1) is 0 Å². The highest BCUT2D eigenvalue weighted by Crippen LogP contribution is 2.12. The van der Waals surface area contributed by atoms with Crippen molar-refractivity contribution in [1.29, 1.82) is 0 Å². The maximum Gasteiger partial charge on any atom is 0.126 e. The first kappa shape index (κ1) is 28.1. The van der Waals surface area contributed by atoms with Crippen LogP contribution in [0.3, 0.4) is 0 Å². The number of benzene rings is 2. The van der Waals surface area contributed by atoms with E-state index in [1.807, 2.05) is 45.9 Å². The van der Waals surface area contributed by atoms with Gasteiger partial charge in [-0.2, -0.15) is 0 Å². The molecule has 0 aliphatic rings. The monoisotopic (exact) mass is 454 g/mol. The van der Waals surface area contributed by atoms with Crippen molar-refractivity contribution in [3.05, 3.63) is 120 Å². The summed E-state index contributed by atoms with van der Waals surface area (Å²) in [6.07, 6.45) is 9.51. The Hall–Kier alpha value is -3.92. The number of nitrogens with one attached hydrogen (secondary N) is 2. The Kier molecular flexibility index (Phi) is 14.6. The van der Waals surface area contributed by atoms with Crippen LogP contribution in [0.1, 0.15) is 49.9 Å². The molecule has 0 unspecified atom stereocenters. The van der Waals surface area contributed by atoms with E-state index in [9.17, 15) is 0 Å². The van der Waals surface area contributed by atoms with Gasteiger partial charge in [0.2, 0.25) is 0 Å². The molecule has 0 atom stereocenters. The zero-order valence-electron chi connectivity index (χ0n) is 21.0. The van der Waals surface area contributed by atoms with Crippen molar-refractivity contribution < 1.29 is 0 Å². The zero-order valence-corrected chi connectivity index (χ0v) is 21.0. The van der Waals surface area contributed by atoms with E-state index in [-0.39, 0.29) is 0 Å². The van der Waals surface area contributed by atoms with E-state index >= 15 is 0 Å². The van der Waals surface area contributed by atoms with Gasteiger partial charge in [0.25, 0.3) is 0 Å². The van der Waals surface area contributed by atoms with E-state index in [0.29, 0.717) is 12.4 Å². The van der Waals surface area contributed by atoms with Crippen LogP contribution in [-0.4, -0.2) is 11.7 Å². The quantitative estimate of drug-likeness (QED) is 0.187. The first-order valence-electron chi connectivity index (χ1n) is 11.8. The van der Waals surface area contributed by atoms with Gasteiger partial charge in [-0.3, -0.25) is 0 Å². The van der Waals surface area contributed by atoms with E-state index in [1.54, 1.807) is 18.3 Å². The lowest BCUT2D eigenvalue weighted by Gasteiger charge is -2.06. The van der Waals surface area contributed by atoms with Gasteiger partial charge in [0.1, 0.15) is 11.6 Å². The van der Waals surface area contributed by atoms with Crippen LogP contribution in [0.2, 0.25) is 0 Å². The highest BCUT2D eigenvalue weighted by Gasteiger charge is 1.97. The van der Waals surface area contributed by atoms with Gasteiger partial charge in [0, 0.05) is 19.3 Å². The number of pyridine rings is 1. The molecule has 0 amide bonds. The Morgan fingerprint density at radius 2 is 1.38 bits per heavy atom. The maximum atomic E-state index is 4.27. The van der Waals surface area contributed by atoms with Crippen molar-refractivity contribution in [2.75, 3.05) is 5.32 Å². The van der Waals surface area contributed by atoms with Crippen LogP contribution in [0.5, 0.6) is 0 Å². The summed E-state index contributed by atoms with van der Waals surface area (Å²) in [5.41, 5.74) is 4.71. The summed E-state index contributed by atoms with van der Waals surface area (Å²) in [5, 5.41) is 6.54. The van der Waals surface area contributed by atoms with Crippen LogP contribution in [0, 0.1) is 0 Å². The van der Waals surface area contributed by atoms with E-state index < -0.39 is 0 Å². The van der Waals surface area contributed by atoms with Gasteiger partial charge in [-0.05, 0) is 47.2 Å². The molecule has 0 saturated carbocycles. The van der Waals surface area contributed by atoms with Crippen molar-refractivity contribution in [2.45, 2.75) is 40.8 Å². The molecule has 178 valence electrons. The normalized spacial score (nSPS) is 10.3. The van der Waals surface area contributed by atoms with Crippen molar-refractivity contribution in [3.63, 3.8) is 0 Å². The largest absolute Gasteiger partial charge is 0.366 e. The Morgan fingerprint density at radius 3 is 1.85 bits per heavy atom. The molecule has 34 heavy (non-hydrogen) atoms. The summed E-state index contributed by atoms with van der Waals surface area (Å²) in [6.45, 7) is 16.7. The number of allylic oxidation sites excluding steroid dienone is 2. The summed E-state index contributed by atoms with van der Waals surface area (Å²) < 4.78 is 0. The van der Waals surface area contributed by atoms with Gasteiger partial charge < -0.3 is 10.6 Å². The molecule has 2 N–H and O–H groups in total. The molecule has 3 aromatic rings. The van der Waals surface area contributed by atoms with Crippen LogP contribution in [-0.2, 0) is 13.1 Å². The number of nitrogens with zero attached hydrogens (tertiary/aromatic N) is 2. The van der Waals surface area contributed by atoms with Crippen LogP contribution in [0.15, 0.2) is 102 Å². The van der Waals surface area contributed by atoms with E-state index in [0.717, 1.165) is 17.9 Å². The number of hydrogen-bond acceptors (Lipinski definition) is 4. The van der Waals surface area contributed by atoms with E-state index in [4.69, 9.17) is 0 Å². The predicted octanol–water partition coefficient (Wildman–Crippen LogP) is 7.73. The summed E-state index contributed by atoms with van der Waals surface area (Å²) in [6, 6.07) is 22.8. The van der Waals surface area contributed by atoms with Gasteiger partial charge >= 0.3 is 0 Å². The fourth-order valence-electron chi connectivity index (χ4n) is 2.82. The third-order valence-corrected chi connectivity index (χ3v) is 4.49. The van der Waals surface area contributed by atoms with Crippen molar-refractivity contribution in [2.24, 2.45) is 4.99 Å². The highest BCUT2D eigenvalue weighted by molar-refractivity contribution is 5.69. The third kappa shape index (κ3) is 10.6. The smallest absolute Gasteiger partial charge is 0.126 e. The van der Waals surface area contributed by atoms with Crippen molar-refractivity contribution in [3.8, 4) is 0 Å². The van der Waals surface area contributed by atoms with Crippen molar-refractivity contribution >= 4 is 24.7 Å². The summed E-state index contributed by atoms with van der Waals surface area (Å²) in [4.78, 5) is 8.19. The summed E-state index contributed by atoms with van der Waals surface area (Å²) >= 11 is 0. The fourth-order valence-corrected chi connectivity index (χ4v) is 2.82. The number of rotatable bonds is 10. The number of hydrogen-bond donors (Lipinski definition) is 2. The average molecular weight is 455 g/mol. The minimum atomic E-state index is 0.691. The van der Waals surface area contributed by atoms with E-state index in [2.05, 4.69) is 94.6 Å². The van der Waals surface area contributed by atoms with Gasteiger partial charge in [0.15, 0.2) is 0 Å². The average Bonchev–Trinajstić information content (AvgIpc) is 2.92. The Bertz CT molecular complexity index is 1000. The molecular formula is C30H38N4. The Labute approximate surface area is 205 Å². The summed E-state index contributed by atoms with van der Waals surface area (Å²) in [5.74, 6) is 1.60. The van der Waals surface area contributed by atoms with Crippen LogP contribution in [0.25, 0.3) is 12.2 Å². The van der Waals surface area contributed by atoms with Crippen LogP contribution < -0.4 is 10.6 Å². The van der Waals surface area contributed by atoms with Gasteiger partial charge in [-0.25, -0.2) is 9.98 Å². The predicted molar refractivity (Wildman–Crippen MR) is 151 cm³/mol. The molecule has 0 aliphatic heterocycles. The lowest BCUT2D eigenvalue weighted by atomic mass is 10.1. The minimum absolute atomic E-state index is 0.691. The number of anilines is 1. The fraction of sp³-hybridized carbons (Fsp3) is 0.200. The molecule has 3 rings (SSSR count). The Morgan fingerprint density at radius 1 is 0.824 bits per heavy atom. The van der Waals surface area contributed by atoms with Gasteiger partial charge in [-0.1, -0.05) is 107 Å². The molecule has 0 radical (unpaired) electrons. The van der Waals surface area contributed by atoms with Crippen LogP contribution in [0.4, 0.5) is 5.82 Å². The molecule has 0 bridgehead atoms. The van der Waals surface area contributed by atoms with E-state index in [1.165, 1.54) is 16.7 Å². The maximum absolute atomic E-state index is 4.27. The first-order chi connectivity index (χ1) is 16.8. The molecule has 1 heterocycles. The molecule has 0 fully saturated rings. The van der Waals surface area contributed by atoms with Crippen LogP contribution >= 0.6 is 0 Å². The second kappa shape index (κ2) is 17.6.